The second-order valence-corrected chi connectivity index (χ2v) is 12.5. The molecule has 0 atom stereocenters. The number of hydrogen-bond donors (Lipinski definition) is 0. The molecule has 0 saturated carbocycles. The number of benzene rings is 3. The molecule has 4 rings (SSSR count). The lowest BCUT2D eigenvalue weighted by Crippen LogP contribution is -2.26. The number of ether oxygens (including phenoxy) is 2. The van der Waals surface area contributed by atoms with Gasteiger partial charge in [-0.05, 0) is 66.6 Å². The molecule has 0 fully saturated rings. The summed E-state index contributed by atoms with van der Waals surface area (Å²) in [5.41, 5.74) is 10.8. The van der Waals surface area contributed by atoms with E-state index in [2.05, 4.69) is 76.2 Å². The molecule has 2 nitrogen and oxygen atoms in total. The zero-order chi connectivity index (χ0) is 29.2. The average molecular weight is 555 g/mol. The maximum atomic E-state index is 6.17. The molecule has 3 aromatic rings. The third kappa shape index (κ3) is 7.19. The zero-order valence-corrected chi connectivity index (χ0v) is 26.8. The number of unbranched alkanes of at least 4 members (excludes halogenated alkanes) is 10. The number of aryl methyl sites for hydroxylation is 2. The molecule has 0 saturated heterocycles. The van der Waals surface area contributed by atoms with Crippen LogP contribution in [0.1, 0.15) is 126 Å². The van der Waals surface area contributed by atoms with Crippen LogP contribution in [0.5, 0.6) is 11.5 Å². The lowest BCUT2D eigenvalue weighted by molar-refractivity contribution is 0.358. The van der Waals surface area contributed by atoms with Crippen LogP contribution in [0.15, 0.2) is 48.5 Å². The summed E-state index contributed by atoms with van der Waals surface area (Å²) in [6, 6.07) is 18.6. The second-order valence-electron chi connectivity index (χ2n) is 12.5. The fraction of sp³-hybridized carbons (Fsp3) is 0.538. The predicted octanol–water partition coefficient (Wildman–Crippen LogP) is 11.8. The highest BCUT2D eigenvalue weighted by Gasteiger charge is 2.45. The minimum atomic E-state index is -0.0350. The van der Waals surface area contributed by atoms with Gasteiger partial charge in [0.2, 0.25) is 0 Å². The monoisotopic (exact) mass is 554 g/mol. The van der Waals surface area contributed by atoms with Crippen molar-refractivity contribution in [3.05, 3.63) is 70.8 Å². The van der Waals surface area contributed by atoms with Gasteiger partial charge in [0.15, 0.2) is 0 Å². The zero-order valence-electron chi connectivity index (χ0n) is 26.8. The first-order valence-electron chi connectivity index (χ1n) is 16.5. The molecule has 41 heavy (non-hydrogen) atoms. The van der Waals surface area contributed by atoms with E-state index in [0.29, 0.717) is 0 Å². The molecule has 0 unspecified atom stereocenters. The molecule has 0 spiro atoms. The summed E-state index contributed by atoms with van der Waals surface area (Å²) in [7, 11) is 3.60. The van der Waals surface area contributed by atoms with Crippen molar-refractivity contribution in [2.45, 2.75) is 123 Å². The Bertz CT molecular complexity index is 1230. The van der Waals surface area contributed by atoms with Crippen molar-refractivity contribution >= 4 is 0 Å². The molecule has 0 bridgehead atoms. The fourth-order valence-electron chi connectivity index (χ4n) is 7.26. The Labute approximate surface area is 250 Å². The van der Waals surface area contributed by atoms with Crippen molar-refractivity contribution in [3.63, 3.8) is 0 Å². The minimum absolute atomic E-state index is 0.0350. The van der Waals surface area contributed by atoms with E-state index in [1.165, 1.54) is 134 Å². The molecule has 0 heterocycles. The highest BCUT2D eigenvalue weighted by molar-refractivity contribution is 5.87. The molecule has 1 aliphatic rings. The van der Waals surface area contributed by atoms with Gasteiger partial charge in [-0.2, -0.15) is 0 Å². The van der Waals surface area contributed by atoms with Gasteiger partial charge < -0.3 is 9.47 Å². The normalized spacial score (nSPS) is 13.2. The Morgan fingerprint density at radius 3 is 1.71 bits per heavy atom. The van der Waals surface area contributed by atoms with Crippen LogP contribution < -0.4 is 9.47 Å². The molecule has 0 aliphatic heterocycles. The van der Waals surface area contributed by atoms with Gasteiger partial charge in [-0.15, -0.1) is 0 Å². The van der Waals surface area contributed by atoms with E-state index in [1.54, 1.807) is 7.11 Å². The third-order valence-electron chi connectivity index (χ3n) is 9.30. The summed E-state index contributed by atoms with van der Waals surface area (Å²) in [5, 5.41) is 0. The standard InChI is InChI=1S/C39H54O2/c1-7-9-11-13-15-17-21-39(22-18-16-14-12-10-8-2)36-26-31(32-24-29(3)23-30(4)25-32)19-20-34(36)35-27-33(40-5)28-37(41-6)38(35)39/h19-20,23-28H,7-18,21-22H2,1-6H3. The van der Waals surface area contributed by atoms with Crippen molar-refractivity contribution in [3.8, 4) is 33.8 Å². The third-order valence-corrected chi connectivity index (χ3v) is 9.30. The van der Waals surface area contributed by atoms with Gasteiger partial charge in [0.1, 0.15) is 11.5 Å². The van der Waals surface area contributed by atoms with Crippen molar-refractivity contribution < 1.29 is 9.47 Å². The first-order valence-corrected chi connectivity index (χ1v) is 16.5. The van der Waals surface area contributed by atoms with Gasteiger partial charge in [-0.25, -0.2) is 0 Å². The predicted molar refractivity (Wildman–Crippen MR) is 177 cm³/mol. The smallest absolute Gasteiger partial charge is 0.127 e. The molecular weight excluding hydrogens is 500 g/mol. The molecule has 0 aromatic heterocycles. The number of rotatable bonds is 17. The molecule has 0 N–H and O–H groups in total. The topological polar surface area (TPSA) is 18.5 Å². The van der Waals surface area contributed by atoms with E-state index in [-0.39, 0.29) is 5.41 Å². The van der Waals surface area contributed by atoms with E-state index in [9.17, 15) is 0 Å². The lowest BCUT2D eigenvalue weighted by atomic mass is 9.70. The number of methoxy groups -OCH3 is 2. The Kier molecular flexibility index (Phi) is 11.4. The number of hydrogen-bond acceptors (Lipinski definition) is 2. The highest BCUT2D eigenvalue weighted by Crippen LogP contribution is 2.58. The Hall–Kier alpha value is -2.74. The van der Waals surface area contributed by atoms with Crippen LogP contribution in [0.25, 0.3) is 22.3 Å². The molecule has 1 aliphatic carbocycles. The van der Waals surface area contributed by atoms with Crippen LogP contribution in [0.4, 0.5) is 0 Å². The Balaban J connectivity index is 1.81. The van der Waals surface area contributed by atoms with E-state index in [4.69, 9.17) is 9.47 Å². The van der Waals surface area contributed by atoms with E-state index in [0.717, 1.165) is 11.5 Å². The van der Waals surface area contributed by atoms with Gasteiger partial charge in [0.05, 0.1) is 14.2 Å². The van der Waals surface area contributed by atoms with Crippen molar-refractivity contribution in [1.82, 2.24) is 0 Å². The van der Waals surface area contributed by atoms with E-state index >= 15 is 0 Å². The van der Waals surface area contributed by atoms with E-state index in [1.807, 2.05) is 7.11 Å². The summed E-state index contributed by atoms with van der Waals surface area (Å²) < 4.78 is 11.9. The minimum Gasteiger partial charge on any atom is -0.497 e. The second kappa shape index (κ2) is 14.9. The molecule has 222 valence electrons. The van der Waals surface area contributed by atoms with Gasteiger partial charge in [0.25, 0.3) is 0 Å². The summed E-state index contributed by atoms with van der Waals surface area (Å²) in [6.07, 6.45) is 18.1. The fourth-order valence-corrected chi connectivity index (χ4v) is 7.26. The maximum absolute atomic E-state index is 6.17. The summed E-state index contributed by atoms with van der Waals surface area (Å²) in [5.74, 6) is 1.86. The first kappa shape index (κ1) is 31.2. The molecule has 0 radical (unpaired) electrons. The maximum Gasteiger partial charge on any atom is 0.127 e. The van der Waals surface area contributed by atoms with Crippen molar-refractivity contribution in [2.24, 2.45) is 0 Å². The van der Waals surface area contributed by atoms with Crippen molar-refractivity contribution in [1.29, 1.82) is 0 Å². The van der Waals surface area contributed by atoms with Crippen LogP contribution in [0, 0.1) is 13.8 Å². The van der Waals surface area contributed by atoms with Gasteiger partial charge in [-0.1, -0.05) is 132 Å². The van der Waals surface area contributed by atoms with Crippen LogP contribution in [-0.4, -0.2) is 14.2 Å². The molecular formula is C39H54O2. The summed E-state index contributed by atoms with van der Waals surface area (Å²) in [4.78, 5) is 0. The average Bonchev–Trinajstić information content (AvgIpc) is 3.24. The van der Waals surface area contributed by atoms with Crippen molar-refractivity contribution in [2.75, 3.05) is 14.2 Å². The van der Waals surface area contributed by atoms with Crippen LogP contribution >= 0.6 is 0 Å². The van der Waals surface area contributed by atoms with Gasteiger partial charge in [0, 0.05) is 17.0 Å². The summed E-state index contributed by atoms with van der Waals surface area (Å²) >= 11 is 0. The molecule has 0 amide bonds. The molecule has 3 aromatic carbocycles. The molecule has 2 heteroatoms. The lowest BCUT2D eigenvalue weighted by Gasteiger charge is -2.34. The van der Waals surface area contributed by atoms with Gasteiger partial charge >= 0.3 is 0 Å². The first-order chi connectivity index (χ1) is 20.0. The largest absolute Gasteiger partial charge is 0.497 e. The Morgan fingerprint density at radius 1 is 0.561 bits per heavy atom. The van der Waals surface area contributed by atoms with Crippen LogP contribution in [-0.2, 0) is 5.41 Å². The number of fused-ring (bicyclic) bond motifs is 3. The Morgan fingerprint density at radius 2 is 1.15 bits per heavy atom. The highest BCUT2D eigenvalue weighted by atomic mass is 16.5. The SMILES string of the molecule is CCCCCCCCC1(CCCCCCCC)c2cc(-c3cc(C)cc(C)c3)ccc2-c2cc(OC)cc(OC)c21. The summed E-state index contributed by atoms with van der Waals surface area (Å²) in [6.45, 7) is 9.02. The van der Waals surface area contributed by atoms with E-state index < -0.39 is 0 Å². The quantitative estimate of drug-likeness (QED) is 0.154. The van der Waals surface area contributed by atoms with Gasteiger partial charge in [-0.3, -0.25) is 0 Å². The van der Waals surface area contributed by atoms with Crippen LogP contribution in [0.3, 0.4) is 0 Å². The van der Waals surface area contributed by atoms with Crippen LogP contribution in [0.2, 0.25) is 0 Å².